The number of hydrogen-bond donors (Lipinski definition) is 2. The van der Waals surface area contributed by atoms with Crippen molar-refractivity contribution in [2.24, 2.45) is 0 Å². The summed E-state index contributed by atoms with van der Waals surface area (Å²) in [5.41, 5.74) is 1.36. The highest BCUT2D eigenvalue weighted by atomic mass is 32.2. The highest BCUT2D eigenvalue weighted by Crippen LogP contribution is 2.10. The number of hydrogen-bond acceptors (Lipinski definition) is 3. The second-order valence-electron chi connectivity index (χ2n) is 4.42. The maximum absolute atomic E-state index is 12.0. The van der Waals surface area contributed by atoms with E-state index >= 15 is 0 Å². The molecule has 2 aromatic rings. The predicted octanol–water partition coefficient (Wildman–Crippen LogP) is 0.756. The third-order valence-electron chi connectivity index (χ3n) is 2.98. The Bertz CT molecular complexity index is 709. The van der Waals surface area contributed by atoms with Gasteiger partial charge in [-0.15, -0.1) is 0 Å². The molecule has 1 aromatic heterocycles. The number of carbonyl (C=O) groups is 1. The van der Waals surface area contributed by atoms with E-state index in [-0.39, 0.29) is 18.2 Å². The molecule has 0 aliphatic heterocycles. The van der Waals surface area contributed by atoms with Crippen molar-refractivity contribution in [3.8, 4) is 5.69 Å². The van der Waals surface area contributed by atoms with E-state index in [2.05, 4.69) is 10.0 Å². The number of sulfonamides is 1. The topological polar surface area (TPSA) is 80.2 Å². The fourth-order valence-electron chi connectivity index (χ4n) is 1.82. The maximum Gasteiger partial charge on any atom is 0.251 e. The number of nitrogens with zero attached hydrogens (tertiary/aromatic N) is 1. The van der Waals surface area contributed by atoms with Crippen LogP contribution in [0.4, 0.5) is 0 Å². The standard InChI is InChI=1S/C14H17N3O3S/c1-15-21(19,20)10-7-16-14(18)12-5-4-6-13(11-12)17-8-2-3-9-17/h2-6,8-9,11,15H,7,10H2,1H3,(H,16,18). The lowest BCUT2D eigenvalue weighted by Gasteiger charge is -2.08. The van der Waals surface area contributed by atoms with Crippen LogP contribution >= 0.6 is 0 Å². The van der Waals surface area contributed by atoms with Crippen molar-refractivity contribution in [1.29, 1.82) is 0 Å². The smallest absolute Gasteiger partial charge is 0.251 e. The zero-order valence-electron chi connectivity index (χ0n) is 11.6. The molecule has 0 saturated carbocycles. The Hall–Kier alpha value is -2.12. The normalized spacial score (nSPS) is 11.3. The Labute approximate surface area is 123 Å². The Kier molecular flexibility index (Phi) is 4.77. The number of rotatable bonds is 6. The molecule has 0 aliphatic carbocycles. The lowest BCUT2D eigenvalue weighted by Crippen LogP contribution is -2.32. The Morgan fingerprint density at radius 1 is 1.19 bits per heavy atom. The van der Waals surface area contributed by atoms with Crippen molar-refractivity contribution in [3.05, 3.63) is 54.4 Å². The van der Waals surface area contributed by atoms with Gasteiger partial charge in [0.05, 0.1) is 5.75 Å². The minimum atomic E-state index is -3.31. The van der Waals surface area contributed by atoms with Crippen molar-refractivity contribution in [1.82, 2.24) is 14.6 Å². The van der Waals surface area contributed by atoms with E-state index in [1.165, 1.54) is 7.05 Å². The van der Waals surface area contributed by atoms with Crippen LogP contribution in [0, 0.1) is 0 Å². The van der Waals surface area contributed by atoms with Crippen molar-refractivity contribution in [2.45, 2.75) is 0 Å². The summed E-state index contributed by atoms with van der Waals surface area (Å²) in [6.45, 7) is 0.0652. The van der Waals surface area contributed by atoms with E-state index in [0.29, 0.717) is 5.56 Å². The molecule has 0 aliphatic rings. The third-order valence-corrected chi connectivity index (χ3v) is 4.34. The summed E-state index contributed by atoms with van der Waals surface area (Å²) in [6.07, 6.45) is 3.77. The highest BCUT2D eigenvalue weighted by Gasteiger charge is 2.10. The van der Waals surface area contributed by atoms with Gasteiger partial charge >= 0.3 is 0 Å². The Morgan fingerprint density at radius 2 is 1.90 bits per heavy atom. The van der Waals surface area contributed by atoms with Crippen LogP contribution in [0.5, 0.6) is 0 Å². The van der Waals surface area contributed by atoms with E-state index in [1.54, 1.807) is 18.2 Å². The summed E-state index contributed by atoms with van der Waals surface area (Å²) in [7, 11) is -1.96. The Balaban J connectivity index is 2.02. The molecule has 2 N–H and O–H groups in total. The number of benzene rings is 1. The van der Waals surface area contributed by atoms with E-state index < -0.39 is 10.0 Å². The summed E-state index contributed by atoms with van der Waals surface area (Å²) < 4.78 is 26.6. The van der Waals surface area contributed by atoms with Crippen molar-refractivity contribution in [2.75, 3.05) is 19.3 Å². The van der Waals surface area contributed by atoms with E-state index in [4.69, 9.17) is 0 Å². The zero-order valence-corrected chi connectivity index (χ0v) is 12.4. The molecule has 2 rings (SSSR count). The SMILES string of the molecule is CNS(=O)(=O)CCNC(=O)c1cccc(-n2cccc2)c1. The Morgan fingerprint density at radius 3 is 2.57 bits per heavy atom. The van der Waals surface area contributed by atoms with Gasteiger partial charge in [0, 0.05) is 30.2 Å². The van der Waals surface area contributed by atoms with Crippen LogP contribution in [0.25, 0.3) is 5.69 Å². The third kappa shape index (κ3) is 4.17. The molecular formula is C14H17N3O3S. The van der Waals surface area contributed by atoms with Gasteiger partial charge in [0.1, 0.15) is 0 Å². The van der Waals surface area contributed by atoms with Crippen molar-refractivity contribution in [3.63, 3.8) is 0 Å². The number of carbonyl (C=O) groups excluding carboxylic acids is 1. The molecule has 21 heavy (non-hydrogen) atoms. The molecule has 1 amide bonds. The van der Waals surface area contributed by atoms with Gasteiger partial charge in [0.25, 0.3) is 5.91 Å². The first-order chi connectivity index (χ1) is 10.0. The summed E-state index contributed by atoms with van der Waals surface area (Å²) >= 11 is 0. The molecule has 6 nitrogen and oxygen atoms in total. The van der Waals surface area contributed by atoms with Gasteiger partial charge in [-0.25, -0.2) is 13.1 Å². The molecule has 112 valence electrons. The second-order valence-corrected chi connectivity index (χ2v) is 6.47. The molecule has 0 atom stereocenters. The molecule has 1 heterocycles. The first kappa shape index (κ1) is 15.3. The number of nitrogens with one attached hydrogen (secondary N) is 2. The van der Waals surface area contributed by atoms with Crippen molar-refractivity contribution < 1.29 is 13.2 Å². The molecule has 1 aromatic carbocycles. The molecule has 0 saturated heterocycles. The quantitative estimate of drug-likeness (QED) is 0.826. The summed E-state index contributed by atoms with van der Waals surface area (Å²) in [4.78, 5) is 12.0. The molecule has 0 spiro atoms. The minimum absolute atomic E-state index is 0.0652. The fourth-order valence-corrected chi connectivity index (χ4v) is 2.39. The summed E-state index contributed by atoms with van der Waals surface area (Å²) in [5, 5.41) is 2.59. The van der Waals surface area contributed by atoms with E-state index in [9.17, 15) is 13.2 Å². The molecule has 0 unspecified atom stereocenters. The molecule has 0 fully saturated rings. The molecule has 7 heteroatoms. The van der Waals surface area contributed by atoms with Crippen LogP contribution in [-0.4, -0.2) is 38.2 Å². The van der Waals surface area contributed by atoms with Gasteiger partial charge in [0.2, 0.25) is 10.0 Å². The average Bonchev–Trinajstić information content (AvgIpc) is 3.01. The molecule has 0 bridgehead atoms. The molecule has 0 radical (unpaired) electrons. The predicted molar refractivity (Wildman–Crippen MR) is 80.9 cm³/mol. The van der Waals surface area contributed by atoms with Crippen LogP contribution in [0.15, 0.2) is 48.8 Å². The van der Waals surface area contributed by atoms with Crippen LogP contribution in [0.3, 0.4) is 0 Å². The van der Waals surface area contributed by atoms with Gasteiger partial charge in [0.15, 0.2) is 0 Å². The lowest BCUT2D eigenvalue weighted by molar-refractivity contribution is 0.0956. The van der Waals surface area contributed by atoms with Crippen molar-refractivity contribution >= 4 is 15.9 Å². The van der Waals surface area contributed by atoms with Gasteiger partial charge in [-0.05, 0) is 37.4 Å². The fraction of sp³-hybridized carbons (Fsp3) is 0.214. The lowest BCUT2D eigenvalue weighted by atomic mass is 10.2. The first-order valence-electron chi connectivity index (χ1n) is 6.45. The summed E-state index contributed by atoms with van der Waals surface area (Å²) in [6, 6.07) is 10.9. The number of amides is 1. The highest BCUT2D eigenvalue weighted by molar-refractivity contribution is 7.89. The van der Waals surface area contributed by atoms with E-state index in [1.807, 2.05) is 35.2 Å². The van der Waals surface area contributed by atoms with Crippen LogP contribution in [0.1, 0.15) is 10.4 Å². The number of aromatic nitrogens is 1. The van der Waals surface area contributed by atoms with Gasteiger partial charge in [-0.3, -0.25) is 4.79 Å². The van der Waals surface area contributed by atoms with Gasteiger partial charge < -0.3 is 9.88 Å². The van der Waals surface area contributed by atoms with Crippen LogP contribution in [-0.2, 0) is 10.0 Å². The van der Waals surface area contributed by atoms with Gasteiger partial charge in [-0.2, -0.15) is 0 Å². The summed E-state index contributed by atoms with van der Waals surface area (Å²) in [5.74, 6) is -0.442. The van der Waals surface area contributed by atoms with Crippen LogP contribution in [0.2, 0.25) is 0 Å². The first-order valence-corrected chi connectivity index (χ1v) is 8.10. The zero-order chi connectivity index (χ0) is 15.3. The average molecular weight is 307 g/mol. The maximum atomic E-state index is 12.0. The van der Waals surface area contributed by atoms with Crippen LogP contribution < -0.4 is 10.0 Å². The second kappa shape index (κ2) is 6.55. The largest absolute Gasteiger partial charge is 0.351 e. The van der Waals surface area contributed by atoms with Gasteiger partial charge in [-0.1, -0.05) is 6.07 Å². The van der Waals surface area contributed by atoms with E-state index in [0.717, 1.165) is 5.69 Å². The molecular weight excluding hydrogens is 290 g/mol. The monoisotopic (exact) mass is 307 g/mol. The minimum Gasteiger partial charge on any atom is -0.351 e.